The average Bonchev–Trinajstić information content (AvgIpc) is 2.54. The number of benzene rings is 2. The fourth-order valence-corrected chi connectivity index (χ4v) is 2.53. The highest BCUT2D eigenvalue weighted by Crippen LogP contribution is 2.15. The Bertz CT molecular complexity index is 589. The summed E-state index contributed by atoms with van der Waals surface area (Å²) >= 11 is 8.98. The molecular formula is C17H19BrN2OS. The van der Waals surface area contributed by atoms with Crippen molar-refractivity contribution in [2.24, 2.45) is 0 Å². The maximum absolute atomic E-state index is 5.55. The molecule has 0 unspecified atom stereocenters. The van der Waals surface area contributed by atoms with Gasteiger partial charge in [-0.15, -0.1) is 0 Å². The smallest absolute Gasteiger partial charge is 0.173 e. The molecule has 22 heavy (non-hydrogen) atoms. The minimum atomic E-state index is 0.634. The number of halogens is 1. The Kier molecular flexibility index (Phi) is 6.83. The van der Waals surface area contributed by atoms with Crippen LogP contribution in [0.4, 0.5) is 5.69 Å². The molecule has 5 heteroatoms. The van der Waals surface area contributed by atoms with Gasteiger partial charge in [0.15, 0.2) is 5.11 Å². The summed E-state index contributed by atoms with van der Waals surface area (Å²) in [4.78, 5) is 2.11. The third-order valence-electron chi connectivity index (χ3n) is 3.16. The molecule has 0 aromatic heterocycles. The van der Waals surface area contributed by atoms with Gasteiger partial charge in [0.1, 0.15) is 0 Å². The Hall–Kier alpha value is -1.43. The lowest BCUT2D eigenvalue weighted by atomic mass is 10.2. The average molecular weight is 379 g/mol. The Morgan fingerprint density at radius 1 is 1.14 bits per heavy atom. The van der Waals surface area contributed by atoms with Crippen molar-refractivity contribution in [3.05, 3.63) is 64.6 Å². The van der Waals surface area contributed by atoms with Gasteiger partial charge in [-0.25, -0.2) is 0 Å². The summed E-state index contributed by atoms with van der Waals surface area (Å²) in [5, 5.41) is 3.98. The van der Waals surface area contributed by atoms with E-state index in [9.17, 15) is 0 Å². The van der Waals surface area contributed by atoms with Gasteiger partial charge in [0.05, 0.1) is 6.61 Å². The number of rotatable bonds is 6. The normalized spacial score (nSPS) is 10.3. The van der Waals surface area contributed by atoms with Crippen LogP contribution >= 0.6 is 28.1 Å². The first kappa shape index (κ1) is 16.9. The third-order valence-corrected chi connectivity index (χ3v) is 4.05. The van der Waals surface area contributed by atoms with Crippen molar-refractivity contribution in [3.8, 4) is 0 Å². The van der Waals surface area contributed by atoms with E-state index >= 15 is 0 Å². The molecule has 2 aromatic carbocycles. The van der Waals surface area contributed by atoms with Crippen molar-refractivity contribution in [3.63, 3.8) is 0 Å². The Balaban J connectivity index is 2.03. The minimum Gasteiger partial charge on any atom is -0.383 e. The first-order chi connectivity index (χ1) is 10.7. The lowest BCUT2D eigenvalue weighted by molar-refractivity contribution is 0.175. The quantitative estimate of drug-likeness (QED) is 0.757. The first-order valence-electron chi connectivity index (χ1n) is 7.03. The number of hydrogen-bond donors (Lipinski definition) is 1. The highest BCUT2D eigenvalue weighted by atomic mass is 79.9. The summed E-state index contributed by atoms with van der Waals surface area (Å²) in [5.41, 5.74) is 2.20. The van der Waals surface area contributed by atoms with E-state index in [1.54, 1.807) is 7.11 Å². The standard InChI is InChI=1S/C17H19BrN2OS/c1-21-12-11-20(13-14-5-3-2-4-6-14)17(22)19-16-9-7-15(18)8-10-16/h2-10H,11-13H2,1H3,(H,19,22). The third kappa shape index (κ3) is 5.40. The van der Waals surface area contributed by atoms with Crippen LogP contribution in [0.3, 0.4) is 0 Å². The number of thiocarbonyl (C=S) groups is 1. The fourth-order valence-electron chi connectivity index (χ4n) is 1.99. The Morgan fingerprint density at radius 2 is 1.82 bits per heavy atom. The molecule has 0 atom stereocenters. The van der Waals surface area contributed by atoms with Crippen molar-refractivity contribution in [2.45, 2.75) is 6.54 Å². The van der Waals surface area contributed by atoms with Crippen LogP contribution in [0.25, 0.3) is 0 Å². The van der Waals surface area contributed by atoms with Crippen molar-refractivity contribution in [1.29, 1.82) is 0 Å². The predicted octanol–water partition coefficient (Wildman–Crippen LogP) is 4.29. The summed E-state index contributed by atoms with van der Waals surface area (Å²) in [6.07, 6.45) is 0. The molecule has 0 saturated carbocycles. The van der Waals surface area contributed by atoms with Crippen LogP contribution < -0.4 is 5.32 Å². The molecule has 0 aliphatic heterocycles. The summed E-state index contributed by atoms with van der Waals surface area (Å²) < 4.78 is 6.24. The van der Waals surface area contributed by atoms with Gasteiger partial charge in [0.2, 0.25) is 0 Å². The molecule has 1 N–H and O–H groups in total. The lowest BCUT2D eigenvalue weighted by Crippen LogP contribution is -2.36. The molecule has 116 valence electrons. The van der Waals surface area contributed by atoms with Crippen LogP contribution in [-0.2, 0) is 11.3 Å². The molecule has 0 aliphatic carbocycles. The summed E-state index contributed by atoms with van der Waals surface area (Å²) in [7, 11) is 1.70. The zero-order valence-corrected chi connectivity index (χ0v) is 14.9. The maximum Gasteiger partial charge on any atom is 0.173 e. The molecular weight excluding hydrogens is 360 g/mol. The number of methoxy groups -OCH3 is 1. The molecule has 0 amide bonds. The zero-order valence-electron chi connectivity index (χ0n) is 12.5. The predicted molar refractivity (Wildman–Crippen MR) is 99.1 cm³/mol. The maximum atomic E-state index is 5.55. The van der Waals surface area contributed by atoms with Gasteiger partial charge in [-0.05, 0) is 42.0 Å². The van der Waals surface area contributed by atoms with E-state index in [0.29, 0.717) is 11.7 Å². The molecule has 0 radical (unpaired) electrons. The summed E-state index contributed by atoms with van der Waals surface area (Å²) in [5.74, 6) is 0. The zero-order chi connectivity index (χ0) is 15.8. The highest BCUT2D eigenvalue weighted by molar-refractivity contribution is 9.10. The fraction of sp³-hybridized carbons (Fsp3) is 0.235. The van der Waals surface area contributed by atoms with Crippen LogP contribution in [0, 0.1) is 0 Å². The second kappa shape index (κ2) is 8.88. The number of hydrogen-bond acceptors (Lipinski definition) is 2. The van der Waals surface area contributed by atoms with Crippen LogP contribution in [0.15, 0.2) is 59.1 Å². The van der Waals surface area contributed by atoms with E-state index < -0.39 is 0 Å². The monoisotopic (exact) mass is 378 g/mol. The Morgan fingerprint density at radius 3 is 2.45 bits per heavy atom. The van der Waals surface area contributed by atoms with E-state index in [1.165, 1.54) is 5.56 Å². The highest BCUT2D eigenvalue weighted by Gasteiger charge is 2.10. The van der Waals surface area contributed by atoms with Gasteiger partial charge in [0.25, 0.3) is 0 Å². The number of ether oxygens (including phenoxy) is 1. The van der Waals surface area contributed by atoms with Crippen LogP contribution in [0.5, 0.6) is 0 Å². The van der Waals surface area contributed by atoms with E-state index in [1.807, 2.05) is 42.5 Å². The SMILES string of the molecule is COCCN(Cc1ccccc1)C(=S)Nc1ccc(Br)cc1. The molecule has 0 saturated heterocycles. The number of nitrogens with zero attached hydrogens (tertiary/aromatic N) is 1. The molecule has 0 spiro atoms. The van der Waals surface area contributed by atoms with E-state index in [2.05, 4.69) is 38.3 Å². The van der Waals surface area contributed by atoms with E-state index in [0.717, 1.165) is 23.2 Å². The van der Waals surface area contributed by atoms with Gasteiger partial charge in [0, 0.05) is 30.4 Å². The van der Waals surface area contributed by atoms with Gasteiger partial charge < -0.3 is 15.0 Å². The number of nitrogens with one attached hydrogen (secondary N) is 1. The van der Waals surface area contributed by atoms with Gasteiger partial charge in [-0.1, -0.05) is 46.3 Å². The van der Waals surface area contributed by atoms with Gasteiger partial charge in [-0.3, -0.25) is 0 Å². The molecule has 2 aromatic rings. The lowest BCUT2D eigenvalue weighted by Gasteiger charge is -2.25. The van der Waals surface area contributed by atoms with E-state index in [4.69, 9.17) is 17.0 Å². The van der Waals surface area contributed by atoms with Gasteiger partial charge in [-0.2, -0.15) is 0 Å². The number of anilines is 1. The van der Waals surface area contributed by atoms with Crippen LogP contribution in [0.2, 0.25) is 0 Å². The van der Waals surface area contributed by atoms with Crippen LogP contribution in [0.1, 0.15) is 5.56 Å². The van der Waals surface area contributed by atoms with Crippen molar-refractivity contribution in [2.75, 3.05) is 25.6 Å². The van der Waals surface area contributed by atoms with Crippen molar-refractivity contribution < 1.29 is 4.74 Å². The second-order valence-corrected chi connectivity index (χ2v) is 6.14. The molecule has 2 rings (SSSR count). The second-order valence-electron chi connectivity index (χ2n) is 4.84. The molecule has 0 bridgehead atoms. The van der Waals surface area contributed by atoms with Crippen LogP contribution in [-0.4, -0.2) is 30.3 Å². The van der Waals surface area contributed by atoms with Crippen molar-refractivity contribution >= 4 is 38.9 Å². The topological polar surface area (TPSA) is 24.5 Å². The molecule has 3 nitrogen and oxygen atoms in total. The Labute approximate surface area is 145 Å². The van der Waals surface area contributed by atoms with E-state index in [-0.39, 0.29) is 0 Å². The summed E-state index contributed by atoms with van der Waals surface area (Å²) in [6, 6.07) is 18.2. The largest absolute Gasteiger partial charge is 0.383 e. The molecule has 0 fully saturated rings. The minimum absolute atomic E-state index is 0.634. The van der Waals surface area contributed by atoms with Crippen molar-refractivity contribution in [1.82, 2.24) is 4.90 Å². The van der Waals surface area contributed by atoms with Gasteiger partial charge >= 0.3 is 0 Å². The summed E-state index contributed by atoms with van der Waals surface area (Å²) in [6.45, 7) is 2.13. The molecule has 0 aliphatic rings. The first-order valence-corrected chi connectivity index (χ1v) is 8.23. The molecule has 0 heterocycles.